The number of nitrogens with one attached hydrogen (secondary N) is 1. The van der Waals surface area contributed by atoms with Gasteiger partial charge < -0.3 is 15.0 Å². The third-order valence-electron chi connectivity index (χ3n) is 4.91. The maximum Gasteiger partial charge on any atom is 0.263 e. The summed E-state index contributed by atoms with van der Waals surface area (Å²) in [6.07, 6.45) is 5.96. The van der Waals surface area contributed by atoms with Crippen molar-refractivity contribution in [2.75, 3.05) is 33.4 Å². The fourth-order valence-corrected chi connectivity index (χ4v) is 4.70. The first kappa shape index (κ1) is 17.4. The van der Waals surface area contributed by atoms with Gasteiger partial charge in [0, 0.05) is 37.5 Å². The standard InChI is InChI=1S/C18H26N2O3S/c1-23-10-7-19-17(21)13-5-6-15-14(11-13)12-16(24-15)18(22)20-8-3-2-4-9-20/h12-13H,2-11H2,1H3,(H,19,21)/t13-/m1/s1. The Morgan fingerprint density at radius 1 is 1.33 bits per heavy atom. The van der Waals surface area contributed by atoms with Gasteiger partial charge in [-0.1, -0.05) is 0 Å². The van der Waals surface area contributed by atoms with E-state index in [0.717, 1.165) is 50.1 Å². The molecule has 1 aromatic heterocycles. The lowest BCUT2D eigenvalue weighted by molar-refractivity contribution is -0.125. The van der Waals surface area contributed by atoms with Gasteiger partial charge in [-0.2, -0.15) is 0 Å². The first-order chi connectivity index (χ1) is 11.7. The van der Waals surface area contributed by atoms with Crippen LogP contribution in [0.1, 0.15) is 45.8 Å². The van der Waals surface area contributed by atoms with E-state index in [1.807, 2.05) is 11.0 Å². The molecule has 132 valence electrons. The number of nitrogens with zero attached hydrogens (tertiary/aromatic N) is 1. The van der Waals surface area contributed by atoms with Gasteiger partial charge in [-0.25, -0.2) is 0 Å². The van der Waals surface area contributed by atoms with Crippen molar-refractivity contribution in [3.63, 3.8) is 0 Å². The van der Waals surface area contributed by atoms with E-state index < -0.39 is 0 Å². The summed E-state index contributed by atoms with van der Waals surface area (Å²) in [5, 5.41) is 2.93. The number of rotatable bonds is 5. The minimum atomic E-state index is 0.0156. The molecule has 0 bridgehead atoms. The van der Waals surface area contributed by atoms with Crippen LogP contribution in [-0.4, -0.2) is 50.1 Å². The van der Waals surface area contributed by atoms with Crippen LogP contribution in [0.4, 0.5) is 0 Å². The lowest BCUT2D eigenvalue weighted by Gasteiger charge is -2.26. The normalized spacial score (nSPS) is 20.5. The molecule has 6 heteroatoms. The predicted molar refractivity (Wildman–Crippen MR) is 94.5 cm³/mol. The van der Waals surface area contributed by atoms with Gasteiger partial charge in [0.1, 0.15) is 0 Å². The SMILES string of the molecule is COCCNC(=O)[C@@H]1CCc2sc(C(=O)N3CCCCC3)cc2C1. The minimum absolute atomic E-state index is 0.0156. The molecule has 1 atom stereocenters. The van der Waals surface area contributed by atoms with Crippen molar-refractivity contribution in [2.45, 2.75) is 38.5 Å². The summed E-state index contributed by atoms with van der Waals surface area (Å²) in [6.45, 7) is 2.86. The number of ether oxygens (including phenoxy) is 1. The summed E-state index contributed by atoms with van der Waals surface area (Å²) in [5.41, 5.74) is 1.19. The molecule has 2 heterocycles. The van der Waals surface area contributed by atoms with Gasteiger partial charge in [-0.15, -0.1) is 11.3 Å². The Hall–Kier alpha value is -1.40. The molecule has 0 saturated carbocycles. The van der Waals surface area contributed by atoms with E-state index in [4.69, 9.17) is 4.74 Å². The lowest BCUT2D eigenvalue weighted by Crippen LogP contribution is -2.35. The molecule has 1 N–H and O–H groups in total. The predicted octanol–water partition coefficient (Wildman–Crippen LogP) is 2.24. The molecule has 5 nitrogen and oxygen atoms in total. The Morgan fingerprint density at radius 2 is 2.12 bits per heavy atom. The lowest BCUT2D eigenvalue weighted by atomic mass is 9.88. The molecule has 0 unspecified atom stereocenters. The van der Waals surface area contributed by atoms with Crippen molar-refractivity contribution >= 4 is 23.2 Å². The van der Waals surface area contributed by atoms with Crippen LogP contribution >= 0.6 is 11.3 Å². The summed E-state index contributed by atoms with van der Waals surface area (Å²) in [4.78, 5) is 29.0. The average Bonchev–Trinajstić information content (AvgIpc) is 3.05. The Kier molecular flexibility index (Phi) is 5.89. The molecule has 1 saturated heterocycles. The van der Waals surface area contributed by atoms with Crippen LogP contribution in [0.2, 0.25) is 0 Å². The number of carbonyl (C=O) groups excluding carboxylic acids is 2. The van der Waals surface area contributed by atoms with Gasteiger partial charge >= 0.3 is 0 Å². The Bertz CT molecular complexity index is 593. The highest BCUT2D eigenvalue weighted by Gasteiger charge is 2.28. The maximum atomic E-state index is 12.7. The molecule has 0 radical (unpaired) electrons. The van der Waals surface area contributed by atoms with Crippen molar-refractivity contribution in [3.8, 4) is 0 Å². The fourth-order valence-electron chi connectivity index (χ4n) is 3.53. The number of fused-ring (bicyclic) bond motifs is 1. The van der Waals surface area contributed by atoms with Crippen LogP contribution in [0.15, 0.2) is 6.07 Å². The second kappa shape index (κ2) is 8.12. The number of hydrogen-bond acceptors (Lipinski definition) is 4. The van der Waals surface area contributed by atoms with Gasteiger partial charge in [-0.3, -0.25) is 9.59 Å². The first-order valence-electron chi connectivity index (χ1n) is 8.86. The van der Waals surface area contributed by atoms with E-state index in [1.165, 1.54) is 16.9 Å². The Morgan fingerprint density at radius 3 is 2.88 bits per heavy atom. The number of piperidine rings is 1. The maximum absolute atomic E-state index is 12.7. The second-order valence-corrected chi connectivity index (χ2v) is 7.77. The minimum Gasteiger partial charge on any atom is -0.383 e. The van der Waals surface area contributed by atoms with Crippen molar-refractivity contribution in [1.29, 1.82) is 0 Å². The Labute approximate surface area is 147 Å². The van der Waals surface area contributed by atoms with Crippen LogP contribution in [0.5, 0.6) is 0 Å². The summed E-state index contributed by atoms with van der Waals surface area (Å²) in [6, 6.07) is 2.03. The van der Waals surface area contributed by atoms with E-state index in [-0.39, 0.29) is 17.7 Å². The van der Waals surface area contributed by atoms with Crippen molar-refractivity contribution in [3.05, 3.63) is 21.4 Å². The molecule has 1 fully saturated rings. The van der Waals surface area contributed by atoms with Gasteiger partial charge in [0.25, 0.3) is 5.91 Å². The third kappa shape index (κ3) is 3.98. The second-order valence-electron chi connectivity index (χ2n) is 6.64. The molecule has 1 aromatic rings. The summed E-state index contributed by atoms with van der Waals surface area (Å²) in [5.74, 6) is 0.296. The molecule has 24 heavy (non-hydrogen) atoms. The summed E-state index contributed by atoms with van der Waals surface area (Å²) >= 11 is 1.63. The molecular formula is C18H26N2O3S. The molecule has 1 aliphatic carbocycles. The molecule has 1 aliphatic heterocycles. The van der Waals surface area contributed by atoms with E-state index in [2.05, 4.69) is 5.32 Å². The summed E-state index contributed by atoms with van der Waals surface area (Å²) in [7, 11) is 1.63. The van der Waals surface area contributed by atoms with Crippen LogP contribution in [0.3, 0.4) is 0 Å². The molecular weight excluding hydrogens is 324 g/mol. The van der Waals surface area contributed by atoms with Gasteiger partial charge in [-0.05, 0) is 50.2 Å². The van der Waals surface area contributed by atoms with Crippen LogP contribution in [0, 0.1) is 5.92 Å². The number of methoxy groups -OCH3 is 1. The molecule has 2 amide bonds. The van der Waals surface area contributed by atoms with E-state index in [0.29, 0.717) is 13.2 Å². The van der Waals surface area contributed by atoms with Gasteiger partial charge in [0.2, 0.25) is 5.91 Å². The van der Waals surface area contributed by atoms with Gasteiger partial charge in [0.05, 0.1) is 11.5 Å². The summed E-state index contributed by atoms with van der Waals surface area (Å²) < 4.78 is 4.97. The smallest absolute Gasteiger partial charge is 0.263 e. The zero-order chi connectivity index (χ0) is 16.9. The molecule has 2 aliphatic rings. The number of hydrogen-bond donors (Lipinski definition) is 1. The topological polar surface area (TPSA) is 58.6 Å². The number of aryl methyl sites for hydroxylation is 1. The quantitative estimate of drug-likeness (QED) is 0.829. The molecule has 0 aromatic carbocycles. The highest BCUT2D eigenvalue weighted by atomic mass is 32.1. The zero-order valence-electron chi connectivity index (χ0n) is 14.3. The number of thiophene rings is 1. The van der Waals surface area contributed by atoms with Crippen LogP contribution in [-0.2, 0) is 22.4 Å². The zero-order valence-corrected chi connectivity index (χ0v) is 15.1. The number of likely N-dealkylation sites (tertiary alicyclic amines) is 1. The first-order valence-corrected chi connectivity index (χ1v) is 9.68. The molecule has 3 rings (SSSR count). The van der Waals surface area contributed by atoms with Crippen LogP contribution < -0.4 is 5.32 Å². The fraction of sp³-hybridized carbons (Fsp3) is 0.667. The molecule has 0 spiro atoms. The van der Waals surface area contributed by atoms with E-state index in [1.54, 1.807) is 18.4 Å². The van der Waals surface area contributed by atoms with E-state index >= 15 is 0 Å². The van der Waals surface area contributed by atoms with Crippen LogP contribution in [0.25, 0.3) is 0 Å². The van der Waals surface area contributed by atoms with Crippen molar-refractivity contribution in [2.24, 2.45) is 5.92 Å². The monoisotopic (exact) mass is 350 g/mol. The van der Waals surface area contributed by atoms with E-state index in [9.17, 15) is 9.59 Å². The third-order valence-corrected chi connectivity index (χ3v) is 6.14. The largest absolute Gasteiger partial charge is 0.383 e. The highest BCUT2D eigenvalue weighted by Crippen LogP contribution is 2.33. The number of amides is 2. The van der Waals surface area contributed by atoms with Gasteiger partial charge in [0.15, 0.2) is 0 Å². The van der Waals surface area contributed by atoms with Crippen molar-refractivity contribution < 1.29 is 14.3 Å². The Balaban J connectivity index is 1.62. The number of carbonyl (C=O) groups is 2. The highest BCUT2D eigenvalue weighted by molar-refractivity contribution is 7.14. The van der Waals surface area contributed by atoms with Crippen molar-refractivity contribution in [1.82, 2.24) is 10.2 Å². The average molecular weight is 350 g/mol.